The molecule has 0 aliphatic rings. The fourth-order valence-corrected chi connectivity index (χ4v) is 3.61. The number of fused-ring (bicyclic) bond motifs is 2. The zero-order chi connectivity index (χ0) is 21.6. The first-order chi connectivity index (χ1) is 14.3. The van der Waals surface area contributed by atoms with Crippen LogP contribution in [-0.4, -0.2) is 29.2 Å². The largest absolute Gasteiger partial charge is 0.332 e. The summed E-state index contributed by atoms with van der Waals surface area (Å²) in [5, 5.41) is 2.88. The molecule has 0 atom stereocenters. The van der Waals surface area contributed by atoms with Gasteiger partial charge in [0.2, 0.25) is 5.91 Å². The number of imidazole rings is 1. The Kier molecular flexibility index (Phi) is 4.61. The molecular formula is C20H20N6O4. The summed E-state index contributed by atoms with van der Waals surface area (Å²) in [6, 6.07) is 8.75. The van der Waals surface area contributed by atoms with Crippen LogP contribution < -0.4 is 22.3 Å². The molecule has 0 aliphatic heterocycles. The third kappa shape index (κ3) is 2.93. The lowest BCUT2D eigenvalue weighted by Gasteiger charge is -2.09. The Morgan fingerprint density at radius 2 is 1.67 bits per heavy atom. The summed E-state index contributed by atoms with van der Waals surface area (Å²) in [5.41, 5.74) is 0.699. The predicted octanol–water partition coefficient (Wildman–Crippen LogP) is 0.407. The number of hydrogen-bond donors (Lipinski definition) is 1. The standard InChI is InChI=1S/C20H20N6O4/c1-4-25-14-7-5-6-8-15(14)26(20(25)30)11-16(27)22-12-9-13-17(21-10-12)23(2)19(29)24(3)18(13)28/h5-10H,4,11H2,1-3H3,(H,22,27). The van der Waals surface area contributed by atoms with Crippen LogP contribution in [-0.2, 0) is 32.0 Å². The van der Waals surface area contributed by atoms with E-state index in [4.69, 9.17) is 0 Å². The lowest BCUT2D eigenvalue weighted by Crippen LogP contribution is -2.37. The third-order valence-corrected chi connectivity index (χ3v) is 5.12. The van der Waals surface area contributed by atoms with E-state index in [-0.39, 0.29) is 23.3 Å². The van der Waals surface area contributed by atoms with Gasteiger partial charge < -0.3 is 5.32 Å². The van der Waals surface area contributed by atoms with Crippen molar-refractivity contribution in [1.82, 2.24) is 23.3 Å². The summed E-state index contributed by atoms with van der Waals surface area (Å²) in [4.78, 5) is 53.9. The number of para-hydroxylation sites is 2. The van der Waals surface area contributed by atoms with Gasteiger partial charge in [-0.25, -0.2) is 14.6 Å². The molecule has 3 heterocycles. The van der Waals surface area contributed by atoms with Gasteiger partial charge in [0.25, 0.3) is 5.56 Å². The summed E-state index contributed by atoms with van der Waals surface area (Å²) in [6.45, 7) is 2.17. The van der Waals surface area contributed by atoms with Crippen molar-refractivity contribution in [3.05, 3.63) is 67.9 Å². The third-order valence-electron chi connectivity index (χ3n) is 5.12. The Bertz CT molecular complexity index is 1490. The van der Waals surface area contributed by atoms with Crippen LogP contribution in [0.2, 0.25) is 0 Å². The number of carbonyl (C=O) groups is 1. The molecule has 0 fully saturated rings. The maximum atomic E-state index is 12.7. The Morgan fingerprint density at radius 1 is 1.00 bits per heavy atom. The Balaban J connectivity index is 1.69. The quantitative estimate of drug-likeness (QED) is 0.525. The monoisotopic (exact) mass is 408 g/mol. The molecule has 4 aromatic rings. The lowest BCUT2D eigenvalue weighted by atomic mass is 10.3. The first kappa shape index (κ1) is 19.4. The van der Waals surface area contributed by atoms with Gasteiger partial charge in [0.1, 0.15) is 12.2 Å². The topological polar surface area (TPSA) is 113 Å². The second kappa shape index (κ2) is 7.14. The van der Waals surface area contributed by atoms with Crippen LogP contribution in [0, 0.1) is 0 Å². The molecule has 0 spiro atoms. The van der Waals surface area contributed by atoms with E-state index in [2.05, 4.69) is 10.3 Å². The van der Waals surface area contributed by atoms with Crippen molar-refractivity contribution in [3.63, 3.8) is 0 Å². The summed E-state index contributed by atoms with van der Waals surface area (Å²) < 4.78 is 5.26. The highest BCUT2D eigenvalue weighted by atomic mass is 16.2. The number of hydrogen-bond acceptors (Lipinski definition) is 5. The Labute approximate surface area is 169 Å². The number of anilines is 1. The van der Waals surface area contributed by atoms with Crippen molar-refractivity contribution >= 4 is 33.7 Å². The fraction of sp³-hybridized carbons (Fsp3) is 0.250. The Morgan fingerprint density at radius 3 is 2.33 bits per heavy atom. The molecule has 0 saturated carbocycles. The van der Waals surface area contributed by atoms with Crippen LogP contribution in [0.25, 0.3) is 22.1 Å². The van der Waals surface area contributed by atoms with Gasteiger partial charge in [0, 0.05) is 20.6 Å². The van der Waals surface area contributed by atoms with Gasteiger partial charge in [0.05, 0.1) is 28.3 Å². The lowest BCUT2D eigenvalue weighted by molar-refractivity contribution is -0.116. The van der Waals surface area contributed by atoms with Crippen molar-refractivity contribution in [2.45, 2.75) is 20.0 Å². The number of pyridine rings is 1. The zero-order valence-electron chi connectivity index (χ0n) is 16.7. The van der Waals surface area contributed by atoms with E-state index in [1.165, 1.54) is 35.5 Å². The minimum Gasteiger partial charge on any atom is -0.323 e. The molecule has 0 aliphatic carbocycles. The van der Waals surface area contributed by atoms with Gasteiger partial charge in [0.15, 0.2) is 0 Å². The molecule has 154 valence electrons. The van der Waals surface area contributed by atoms with Crippen LogP contribution in [0.1, 0.15) is 6.92 Å². The molecule has 4 rings (SSSR count). The van der Waals surface area contributed by atoms with Crippen molar-refractivity contribution in [2.24, 2.45) is 14.1 Å². The molecule has 0 saturated heterocycles. The number of amides is 1. The number of aromatic nitrogens is 5. The predicted molar refractivity (Wildman–Crippen MR) is 113 cm³/mol. The van der Waals surface area contributed by atoms with E-state index in [0.29, 0.717) is 17.7 Å². The number of rotatable bonds is 4. The highest BCUT2D eigenvalue weighted by molar-refractivity contribution is 5.93. The van der Waals surface area contributed by atoms with Crippen molar-refractivity contribution in [3.8, 4) is 0 Å². The van der Waals surface area contributed by atoms with Gasteiger partial charge in [-0.2, -0.15) is 0 Å². The average molecular weight is 408 g/mol. The number of nitrogens with zero attached hydrogens (tertiary/aromatic N) is 5. The van der Waals surface area contributed by atoms with Crippen molar-refractivity contribution in [2.75, 3.05) is 5.32 Å². The van der Waals surface area contributed by atoms with E-state index < -0.39 is 17.2 Å². The van der Waals surface area contributed by atoms with Crippen LogP contribution in [0.15, 0.2) is 50.9 Å². The summed E-state index contributed by atoms with van der Waals surface area (Å²) in [7, 11) is 2.90. The molecule has 0 radical (unpaired) electrons. The summed E-state index contributed by atoms with van der Waals surface area (Å²) in [6.07, 6.45) is 1.37. The van der Waals surface area contributed by atoms with Crippen LogP contribution >= 0.6 is 0 Å². The number of carbonyl (C=O) groups excluding carboxylic acids is 1. The first-order valence-corrected chi connectivity index (χ1v) is 9.37. The molecular weight excluding hydrogens is 388 g/mol. The first-order valence-electron chi connectivity index (χ1n) is 9.37. The minimum atomic E-state index is -0.501. The SMILES string of the molecule is CCn1c(=O)n(CC(=O)Nc2cnc3c(c2)c(=O)n(C)c(=O)n3C)c2ccccc21. The highest BCUT2D eigenvalue weighted by Crippen LogP contribution is 2.14. The molecule has 0 bridgehead atoms. The number of nitrogens with one attached hydrogen (secondary N) is 1. The van der Waals surface area contributed by atoms with Crippen molar-refractivity contribution in [1.29, 1.82) is 0 Å². The normalized spacial score (nSPS) is 11.3. The highest BCUT2D eigenvalue weighted by Gasteiger charge is 2.16. The molecule has 0 unspecified atom stereocenters. The van der Waals surface area contributed by atoms with E-state index in [9.17, 15) is 19.2 Å². The molecule has 1 N–H and O–H groups in total. The van der Waals surface area contributed by atoms with Crippen molar-refractivity contribution < 1.29 is 4.79 Å². The molecule has 1 amide bonds. The minimum absolute atomic E-state index is 0.185. The molecule has 1 aromatic carbocycles. The van der Waals surface area contributed by atoms with E-state index in [1.807, 2.05) is 25.1 Å². The van der Waals surface area contributed by atoms with Crippen LogP contribution in [0.3, 0.4) is 0 Å². The fourth-order valence-electron chi connectivity index (χ4n) is 3.61. The van der Waals surface area contributed by atoms with E-state index in [0.717, 1.165) is 10.1 Å². The molecule has 3 aromatic heterocycles. The molecule has 10 heteroatoms. The van der Waals surface area contributed by atoms with E-state index in [1.54, 1.807) is 10.6 Å². The molecule has 10 nitrogen and oxygen atoms in total. The van der Waals surface area contributed by atoms with E-state index >= 15 is 0 Å². The van der Waals surface area contributed by atoms with Gasteiger partial charge in [-0.05, 0) is 25.1 Å². The zero-order valence-corrected chi connectivity index (χ0v) is 16.7. The van der Waals surface area contributed by atoms with Crippen LogP contribution in [0.4, 0.5) is 5.69 Å². The average Bonchev–Trinajstić information content (AvgIpc) is 3.01. The maximum absolute atomic E-state index is 12.7. The smallest absolute Gasteiger partial charge is 0.323 e. The summed E-state index contributed by atoms with van der Waals surface area (Å²) >= 11 is 0. The summed E-state index contributed by atoms with van der Waals surface area (Å²) in [5.74, 6) is -0.432. The molecule has 30 heavy (non-hydrogen) atoms. The van der Waals surface area contributed by atoms with Gasteiger partial charge in [-0.3, -0.25) is 27.9 Å². The van der Waals surface area contributed by atoms with Gasteiger partial charge >= 0.3 is 11.4 Å². The second-order valence-electron chi connectivity index (χ2n) is 6.95. The van der Waals surface area contributed by atoms with Crippen LogP contribution in [0.5, 0.6) is 0 Å². The number of benzene rings is 1. The Hall–Kier alpha value is -3.95. The van der Waals surface area contributed by atoms with Gasteiger partial charge in [-0.15, -0.1) is 0 Å². The maximum Gasteiger partial charge on any atom is 0.332 e. The number of aryl methyl sites for hydroxylation is 2. The second-order valence-corrected chi connectivity index (χ2v) is 6.95. The van der Waals surface area contributed by atoms with Gasteiger partial charge in [-0.1, -0.05) is 12.1 Å².